The SMILES string of the molecule is CN(c1ccccc1)c1ccc(C(=O)NCCc2c[nH]c3ccccc23)cn1. The first kappa shape index (κ1) is 17.8. The maximum Gasteiger partial charge on any atom is 0.252 e. The fourth-order valence-corrected chi connectivity index (χ4v) is 3.25. The van der Waals surface area contributed by atoms with Crippen LogP contribution in [0.2, 0.25) is 0 Å². The molecule has 1 amide bonds. The van der Waals surface area contributed by atoms with Gasteiger partial charge in [-0.1, -0.05) is 36.4 Å². The van der Waals surface area contributed by atoms with Crippen LogP contribution in [-0.4, -0.2) is 29.5 Å². The Morgan fingerprint density at radius 3 is 2.61 bits per heavy atom. The van der Waals surface area contributed by atoms with Crippen LogP contribution in [0.3, 0.4) is 0 Å². The zero-order valence-corrected chi connectivity index (χ0v) is 15.7. The van der Waals surface area contributed by atoms with Gasteiger partial charge in [0.1, 0.15) is 5.82 Å². The topological polar surface area (TPSA) is 61.0 Å². The van der Waals surface area contributed by atoms with Crippen molar-refractivity contribution in [1.29, 1.82) is 0 Å². The summed E-state index contributed by atoms with van der Waals surface area (Å²) >= 11 is 0. The van der Waals surface area contributed by atoms with Gasteiger partial charge < -0.3 is 15.2 Å². The Morgan fingerprint density at radius 2 is 1.82 bits per heavy atom. The van der Waals surface area contributed by atoms with Gasteiger partial charge in [-0.3, -0.25) is 4.79 Å². The van der Waals surface area contributed by atoms with E-state index in [1.54, 1.807) is 6.20 Å². The number of para-hydroxylation sites is 2. The Morgan fingerprint density at radius 1 is 1.04 bits per heavy atom. The molecule has 0 unspecified atom stereocenters. The van der Waals surface area contributed by atoms with Crippen LogP contribution in [0.5, 0.6) is 0 Å². The average molecular weight is 370 g/mol. The summed E-state index contributed by atoms with van der Waals surface area (Å²) in [5.74, 6) is 0.683. The summed E-state index contributed by atoms with van der Waals surface area (Å²) in [5, 5.41) is 4.18. The summed E-state index contributed by atoms with van der Waals surface area (Å²) in [6.07, 6.45) is 4.40. The number of aromatic nitrogens is 2. The highest BCUT2D eigenvalue weighted by Gasteiger charge is 2.09. The summed E-state index contributed by atoms with van der Waals surface area (Å²) in [6, 6.07) is 21.8. The number of nitrogens with zero attached hydrogens (tertiary/aromatic N) is 2. The molecule has 0 aliphatic rings. The number of anilines is 2. The maximum absolute atomic E-state index is 12.4. The first-order chi connectivity index (χ1) is 13.7. The molecular formula is C23H22N4O. The number of hydrogen-bond acceptors (Lipinski definition) is 3. The van der Waals surface area contributed by atoms with E-state index in [0.717, 1.165) is 23.4 Å². The van der Waals surface area contributed by atoms with E-state index in [9.17, 15) is 4.79 Å². The molecule has 5 nitrogen and oxygen atoms in total. The van der Waals surface area contributed by atoms with Gasteiger partial charge in [0.15, 0.2) is 0 Å². The number of carbonyl (C=O) groups is 1. The van der Waals surface area contributed by atoms with E-state index in [-0.39, 0.29) is 5.91 Å². The van der Waals surface area contributed by atoms with E-state index >= 15 is 0 Å². The first-order valence-electron chi connectivity index (χ1n) is 9.30. The second-order valence-corrected chi connectivity index (χ2v) is 6.67. The lowest BCUT2D eigenvalue weighted by Crippen LogP contribution is -2.25. The highest BCUT2D eigenvalue weighted by atomic mass is 16.1. The Labute approximate surface area is 164 Å². The second kappa shape index (κ2) is 7.96. The molecule has 140 valence electrons. The number of nitrogens with one attached hydrogen (secondary N) is 2. The number of aromatic amines is 1. The molecule has 2 heterocycles. The maximum atomic E-state index is 12.4. The summed E-state index contributed by atoms with van der Waals surface area (Å²) < 4.78 is 0. The van der Waals surface area contributed by atoms with Crippen LogP contribution in [0.25, 0.3) is 10.9 Å². The van der Waals surface area contributed by atoms with Crippen molar-refractivity contribution >= 4 is 28.3 Å². The van der Waals surface area contributed by atoms with Crippen LogP contribution in [0, 0.1) is 0 Å². The van der Waals surface area contributed by atoms with Gasteiger partial charge in [-0.05, 0) is 42.3 Å². The average Bonchev–Trinajstić information content (AvgIpc) is 3.17. The molecule has 0 bridgehead atoms. The van der Waals surface area contributed by atoms with Gasteiger partial charge in [-0.15, -0.1) is 0 Å². The number of amides is 1. The summed E-state index contributed by atoms with van der Waals surface area (Å²) in [5.41, 5.74) is 3.93. The van der Waals surface area contributed by atoms with E-state index in [1.165, 1.54) is 10.9 Å². The Bertz CT molecular complexity index is 1070. The highest BCUT2D eigenvalue weighted by molar-refractivity contribution is 5.94. The lowest BCUT2D eigenvalue weighted by atomic mass is 10.1. The molecule has 4 rings (SSSR count). The van der Waals surface area contributed by atoms with Crippen molar-refractivity contribution in [3.05, 3.63) is 90.3 Å². The minimum atomic E-state index is -0.110. The molecule has 0 saturated heterocycles. The standard InChI is InChI=1S/C23H22N4O/c1-27(19-7-3-2-4-8-19)22-12-11-18(16-26-22)23(28)24-14-13-17-15-25-21-10-6-5-9-20(17)21/h2-12,15-16,25H,13-14H2,1H3,(H,24,28). The van der Waals surface area contributed by atoms with Crippen molar-refractivity contribution in [2.45, 2.75) is 6.42 Å². The molecule has 0 fully saturated rings. The molecule has 0 atom stereocenters. The lowest BCUT2D eigenvalue weighted by Gasteiger charge is -2.18. The minimum absolute atomic E-state index is 0.110. The zero-order chi connectivity index (χ0) is 19.3. The van der Waals surface area contributed by atoms with E-state index in [1.807, 2.05) is 72.7 Å². The number of rotatable bonds is 6. The van der Waals surface area contributed by atoms with Crippen molar-refractivity contribution in [3.63, 3.8) is 0 Å². The molecule has 0 saturated carbocycles. The van der Waals surface area contributed by atoms with E-state index in [0.29, 0.717) is 12.1 Å². The molecule has 0 spiro atoms. The number of fused-ring (bicyclic) bond motifs is 1. The predicted molar refractivity (Wildman–Crippen MR) is 113 cm³/mol. The third-order valence-electron chi connectivity index (χ3n) is 4.85. The molecule has 28 heavy (non-hydrogen) atoms. The number of H-pyrrole nitrogens is 1. The Hall–Kier alpha value is -3.60. The normalized spacial score (nSPS) is 10.8. The number of benzene rings is 2. The second-order valence-electron chi connectivity index (χ2n) is 6.67. The van der Waals surface area contributed by atoms with Gasteiger partial charge in [0.25, 0.3) is 5.91 Å². The van der Waals surface area contributed by atoms with Crippen molar-refractivity contribution in [1.82, 2.24) is 15.3 Å². The van der Waals surface area contributed by atoms with Crippen molar-refractivity contribution in [3.8, 4) is 0 Å². The summed E-state index contributed by atoms with van der Waals surface area (Å²) in [7, 11) is 1.96. The van der Waals surface area contributed by atoms with Crippen molar-refractivity contribution in [2.75, 3.05) is 18.5 Å². The molecule has 0 radical (unpaired) electrons. The van der Waals surface area contributed by atoms with Gasteiger partial charge >= 0.3 is 0 Å². The van der Waals surface area contributed by atoms with Crippen LogP contribution in [0.1, 0.15) is 15.9 Å². The number of carbonyl (C=O) groups excluding carboxylic acids is 1. The molecule has 2 N–H and O–H groups in total. The largest absolute Gasteiger partial charge is 0.361 e. The van der Waals surface area contributed by atoms with E-state index in [4.69, 9.17) is 0 Å². The molecule has 4 aromatic rings. The Balaban J connectivity index is 1.36. The fraction of sp³-hybridized carbons (Fsp3) is 0.130. The Kier molecular flexibility index (Phi) is 5.06. The zero-order valence-electron chi connectivity index (χ0n) is 15.7. The molecule has 0 aliphatic heterocycles. The molecule has 0 aliphatic carbocycles. The quantitative estimate of drug-likeness (QED) is 0.532. The smallest absolute Gasteiger partial charge is 0.252 e. The number of pyridine rings is 1. The van der Waals surface area contributed by atoms with E-state index in [2.05, 4.69) is 27.4 Å². The summed E-state index contributed by atoms with van der Waals surface area (Å²) in [4.78, 5) is 22.1. The molecular weight excluding hydrogens is 348 g/mol. The summed E-state index contributed by atoms with van der Waals surface area (Å²) in [6.45, 7) is 0.576. The van der Waals surface area contributed by atoms with Crippen molar-refractivity contribution < 1.29 is 4.79 Å². The molecule has 2 aromatic heterocycles. The van der Waals surface area contributed by atoms with Gasteiger partial charge in [-0.2, -0.15) is 0 Å². The van der Waals surface area contributed by atoms with Crippen LogP contribution in [0.4, 0.5) is 11.5 Å². The first-order valence-corrected chi connectivity index (χ1v) is 9.30. The van der Waals surface area contributed by atoms with Crippen LogP contribution < -0.4 is 10.2 Å². The van der Waals surface area contributed by atoms with Gasteiger partial charge in [-0.25, -0.2) is 4.98 Å². The minimum Gasteiger partial charge on any atom is -0.361 e. The van der Waals surface area contributed by atoms with Gasteiger partial charge in [0, 0.05) is 42.6 Å². The van der Waals surface area contributed by atoms with E-state index < -0.39 is 0 Å². The predicted octanol–water partition coefficient (Wildman–Crippen LogP) is 4.30. The van der Waals surface area contributed by atoms with Gasteiger partial charge in [0.2, 0.25) is 0 Å². The fourth-order valence-electron chi connectivity index (χ4n) is 3.25. The monoisotopic (exact) mass is 370 g/mol. The van der Waals surface area contributed by atoms with Crippen LogP contribution in [0.15, 0.2) is 79.1 Å². The third-order valence-corrected chi connectivity index (χ3v) is 4.85. The lowest BCUT2D eigenvalue weighted by molar-refractivity contribution is 0.0954. The molecule has 2 aromatic carbocycles. The third kappa shape index (κ3) is 3.74. The molecule has 5 heteroatoms. The highest BCUT2D eigenvalue weighted by Crippen LogP contribution is 2.21. The van der Waals surface area contributed by atoms with Crippen molar-refractivity contribution in [2.24, 2.45) is 0 Å². The van der Waals surface area contributed by atoms with Gasteiger partial charge in [0.05, 0.1) is 5.56 Å². The van der Waals surface area contributed by atoms with Crippen LogP contribution >= 0.6 is 0 Å². The van der Waals surface area contributed by atoms with Crippen LogP contribution in [-0.2, 0) is 6.42 Å². The number of hydrogen-bond donors (Lipinski definition) is 2.